The van der Waals surface area contributed by atoms with Gasteiger partial charge in [-0.15, -0.1) is 10.2 Å². The summed E-state index contributed by atoms with van der Waals surface area (Å²) in [6, 6.07) is 7.82. The molecule has 1 aliphatic heterocycles. The number of amides is 1. The predicted octanol–water partition coefficient (Wildman–Crippen LogP) is 3.36. The summed E-state index contributed by atoms with van der Waals surface area (Å²) in [6.45, 7) is 3.38. The van der Waals surface area contributed by atoms with Crippen molar-refractivity contribution in [1.82, 2.24) is 10.2 Å². The Bertz CT molecular complexity index is 666. The Morgan fingerprint density at radius 3 is 2.92 bits per heavy atom. The zero-order valence-electron chi connectivity index (χ0n) is 13.7. The highest BCUT2D eigenvalue weighted by Crippen LogP contribution is 2.31. The molecule has 7 heteroatoms. The maximum absolute atomic E-state index is 12.1. The average Bonchev–Trinajstić information content (AvgIpc) is 3.26. The fourth-order valence-electron chi connectivity index (χ4n) is 2.55. The molecule has 6 nitrogen and oxygen atoms in total. The van der Waals surface area contributed by atoms with E-state index in [1.54, 1.807) is 0 Å². The van der Waals surface area contributed by atoms with Crippen LogP contribution in [0.3, 0.4) is 0 Å². The van der Waals surface area contributed by atoms with E-state index in [0.717, 1.165) is 35.8 Å². The van der Waals surface area contributed by atoms with Gasteiger partial charge < -0.3 is 14.8 Å². The Kier molecular flexibility index (Phi) is 5.77. The number of hydrogen-bond donors (Lipinski definition) is 1. The smallest absolute Gasteiger partial charge is 0.226 e. The molecule has 1 fully saturated rings. The van der Waals surface area contributed by atoms with E-state index in [1.165, 1.54) is 11.3 Å². The number of hydrogen-bond acceptors (Lipinski definition) is 6. The van der Waals surface area contributed by atoms with Gasteiger partial charge in [0.25, 0.3) is 0 Å². The first-order valence-corrected chi connectivity index (χ1v) is 9.03. The van der Waals surface area contributed by atoms with E-state index in [1.807, 2.05) is 31.2 Å². The molecule has 0 bridgehead atoms. The van der Waals surface area contributed by atoms with Crippen molar-refractivity contribution in [3.8, 4) is 5.75 Å². The monoisotopic (exact) mass is 347 g/mol. The summed E-state index contributed by atoms with van der Waals surface area (Å²) in [5.41, 5.74) is 1.10. The van der Waals surface area contributed by atoms with Crippen molar-refractivity contribution >= 4 is 22.4 Å². The SMILES string of the molecule is CCOc1ccc(CCC(=O)Nc2nnc(C3CCCO3)s2)cc1. The molecular weight excluding hydrogens is 326 g/mol. The van der Waals surface area contributed by atoms with Gasteiger partial charge in [0.2, 0.25) is 11.0 Å². The number of aryl methyl sites for hydroxylation is 1. The Morgan fingerprint density at radius 2 is 2.21 bits per heavy atom. The summed E-state index contributed by atoms with van der Waals surface area (Å²) < 4.78 is 11.0. The summed E-state index contributed by atoms with van der Waals surface area (Å²) in [4.78, 5) is 12.1. The van der Waals surface area contributed by atoms with E-state index >= 15 is 0 Å². The lowest BCUT2D eigenvalue weighted by Gasteiger charge is -2.05. The number of aromatic nitrogens is 2. The number of rotatable bonds is 7. The molecule has 1 aromatic heterocycles. The summed E-state index contributed by atoms with van der Waals surface area (Å²) in [7, 11) is 0. The molecule has 0 spiro atoms. The molecule has 128 valence electrons. The van der Waals surface area contributed by atoms with Crippen molar-refractivity contribution in [3.63, 3.8) is 0 Å². The highest BCUT2D eigenvalue weighted by Gasteiger charge is 2.22. The quantitative estimate of drug-likeness (QED) is 0.831. The van der Waals surface area contributed by atoms with Crippen LogP contribution in [-0.2, 0) is 16.0 Å². The number of nitrogens with one attached hydrogen (secondary N) is 1. The highest BCUT2D eigenvalue weighted by atomic mass is 32.1. The van der Waals surface area contributed by atoms with Crippen LogP contribution in [0, 0.1) is 0 Å². The number of nitrogens with zero attached hydrogens (tertiary/aromatic N) is 2. The molecule has 24 heavy (non-hydrogen) atoms. The lowest BCUT2D eigenvalue weighted by molar-refractivity contribution is -0.116. The third-order valence-electron chi connectivity index (χ3n) is 3.77. The van der Waals surface area contributed by atoms with Crippen LogP contribution in [0.25, 0.3) is 0 Å². The van der Waals surface area contributed by atoms with Gasteiger partial charge in [-0.2, -0.15) is 0 Å². The second kappa shape index (κ2) is 8.21. The molecule has 1 atom stereocenters. The molecule has 1 saturated heterocycles. The molecule has 2 heterocycles. The van der Waals surface area contributed by atoms with Crippen LogP contribution in [0.4, 0.5) is 5.13 Å². The molecule has 3 rings (SSSR count). The van der Waals surface area contributed by atoms with Crippen molar-refractivity contribution < 1.29 is 14.3 Å². The van der Waals surface area contributed by atoms with Crippen LogP contribution in [-0.4, -0.2) is 29.3 Å². The minimum Gasteiger partial charge on any atom is -0.494 e. The Balaban J connectivity index is 1.47. The predicted molar refractivity (Wildman–Crippen MR) is 92.4 cm³/mol. The maximum atomic E-state index is 12.1. The van der Waals surface area contributed by atoms with Gasteiger partial charge in [-0.25, -0.2) is 0 Å². The Labute approximate surface area is 145 Å². The summed E-state index contributed by atoms with van der Waals surface area (Å²) in [6.07, 6.45) is 3.14. The zero-order chi connectivity index (χ0) is 16.8. The van der Waals surface area contributed by atoms with Gasteiger partial charge in [0, 0.05) is 13.0 Å². The van der Waals surface area contributed by atoms with Crippen molar-refractivity contribution in [2.45, 2.75) is 38.7 Å². The van der Waals surface area contributed by atoms with Crippen LogP contribution in [0.5, 0.6) is 5.75 Å². The van der Waals surface area contributed by atoms with Gasteiger partial charge in [0.1, 0.15) is 16.9 Å². The van der Waals surface area contributed by atoms with Crippen molar-refractivity contribution in [1.29, 1.82) is 0 Å². The fraction of sp³-hybridized carbons (Fsp3) is 0.471. The molecular formula is C17H21N3O3S. The lowest BCUT2D eigenvalue weighted by atomic mass is 10.1. The second-order valence-electron chi connectivity index (χ2n) is 5.57. The van der Waals surface area contributed by atoms with Crippen LogP contribution in [0.15, 0.2) is 24.3 Å². The second-order valence-corrected chi connectivity index (χ2v) is 6.58. The summed E-state index contributed by atoms with van der Waals surface area (Å²) in [5.74, 6) is 0.792. The van der Waals surface area contributed by atoms with Crippen LogP contribution < -0.4 is 10.1 Å². The highest BCUT2D eigenvalue weighted by molar-refractivity contribution is 7.15. The van der Waals surface area contributed by atoms with Gasteiger partial charge in [0.15, 0.2) is 0 Å². The molecule has 1 unspecified atom stereocenters. The number of carbonyl (C=O) groups is 1. The minimum atomic E-state index is -0.0566. The molecule has 2 aromatic rings. The van der Waals surface area contributed by atoms with E-state index in [4.69, 9.17) is 9.47 Å². The molecule has 0 aliphatic carbocycles. The van der Waals surface area contributed by atoms with Crippen LogP contribution in [0.2, 0.25) is 0 Å². The number of benzene rings is 1. The topological polar surface area (TPSA) is 73.3 Å². The van der Waals surface area contributed by atoms with E-state index in [-0.39, 0.29) is 12.0 Å². The van der Waals surface area contributed by atoms with Crippen molar-refractivity contribution in [3.05, 3.63) is 34.8 Å². The van der Waals surface area contributed by atoms with Crippen molar-refractivity contribution in [2.24, 2.45) is 0 Å². The third kappa shape index (κ3) is 4.52. The first kappa shape index (κ1) is 16.9. The molecule has 1 aromatic carbocycles. The van der Waals surface area contributed by atoms with E-state index in [9.17, 15) is 4.79 Å². The van der Waals surface area contributed by atoms with E-state index in [0.29, 0.717) is 24.6 Å². The van der Waals surface area contributed by atoms with Gasteiger partial charge >= 0.3 is 0 Å². The summed E-state index contributed by atoms with van der Waals surface area (Å²) >= 11 is 1.39. The minimum absolute atomic E-state index is 0.0389. The normalized spacial score (nSPS) is 17.0. The molecule has 1 aliphatic rings. The van der Waals surface area contributed by atoms with Gasteiger partial charge in [-0.05, 0) is 43.9 Å². The van der Waals surface area contributed by atoms with E-state index in [2.05, 4.69) is 15.5 Å². The average molecular weight is 347 g/mol. The molecule has 1 amide bonds. The standard InChI is InChI=1S/C17H21N3O3S/c1-2-22-13-8-5-12(6-9-13)7-10-15(21)18-17-20-19-16(24-17)14-4-3-11-23-14/h5-6,8-9,14H,2-4,7,10-11H2,1H3,(H,18,20,21). The Hall–Kier alpha value is -1.99. The Morgan fingerprint density at radius 1 is 1.38 bits per heavy atom. The fourth-order valence-corrected chi connectivity index (χ4v) is 3.39. The lowest BCUT2D eigenvalue weighted by Crippen LogP contribution is -2.12. The largest absolute Gasteiger partial charge is 0.494 e. The number of anilines is 1. The van der Waals surface area contributed by atoms with Gasteiger partial charge in [-0.3, -0.25) is 4.79 Å². The molecule has 1 N–H and O–H groups in total. The molecule has 0 saturated carbocycles. The third-order valence-corrected chi connectivity index (χ3v) is 4.70. The van der Waals surface area contributed by atoms with Crippen molar-refractivity contribution in [2.75, 3.05) is 18.5 Å². The van der Waals surface area contributed by atoms with Gasteiger partial charge in [-0.1, -0.05) is 23.5 Å². The number of ether oxygens (including phenoxy) is 2. The summed E-state index contributed by atoms with van der Waals surface area (Å²) in [5, 5.41) is 12.3. The van der Waals surface area contributed by atoms with Crippen LogP contribution in [0.1, 0.15) is 42.9 Å². The maximum Gasteiger partial charge on any atom is 0.226 e. The van der Waals surface area contributed by atoms with Crippen LogP contribution >= 0.6 is 11.3 Å². The van der Waals surface area contributed by atoms with E-state index < -0.39 is 0 Å². The molecule has 0 radical (unpaired) electrons. The van der Waals surface area contributed by atoms with Gasteiger partial charge in [0.05, 0.1) is 6.61 Å². The first-order valence-electron chi connectivity index (χ1n) is 8.21. The number of carbonyl (C=O) groups excluding carboxylic acids is 1. The first-order chi connectivity index (χ1) is 11.7. The zero-order valence-corrected chi connectivity index (χ0v) is 14.5.